The van der Waals surface area contributed by atoms with Crippen molar-refractivity contribution in [3.8, 4) is 5.75 Å². The van der Waals surface area contributed by atoms with Gasteiger partial charge < -0.3 is 131 Å². The molecule has 134 heavy (non-hydrogen) atoms. The van der Waals surface area contributed by atoms with Crippen molar-refractivity contribution in [1.82, 2.24) is 88.0 Å². The monoisotopic (exact) mass is 1900 g/mol. The van der Waals surface area contributed by atoms with Gasteiger partial charge in [-0.2, -0.15) is 0 Å². The number of rotatable bonds is 27. The highest BCUT2D eigenvalue weighted by Gasteiger charge is 2.47. The number of carboxylic acids is 1. The molecule has 3 aromatic carbocycles. The number of carbonyl (C=O) groups excluding carboxylic acids is 17. The Kier molecular flexibility index (Phi) is 40.6. The number of amides is 17. The van der Waals surface area contributed by atoms with Crippen molar-refractivity contribution < 1.29 is 107 Å². The Labute approximate surface area is 781 Å². The number of aromatic hydroxyl groups is 1. The highest BCUT2D eigenvalue weighted by atomic mass is 32.2. The average molecular weight is 1910 g/mol. The van der Waals surface area contributed by atoms with Crippen LogP contribution in [0.4, 0.5) is 0 Å². The molecule has 44 nitrogen and oxygen atoms in total. The molecule has 3 aliphatic rings. The largest absolute Gasteiger partial charge is 0.508 e. The van der Waals surface area contributed by atoms with Crippen LogP contribution in [0, 0.1) is 5.41 Å². The second-order valence-corrected chi connectivity index (χ2v) is 35.4. The Balaban J connectivity index is 1.20. The minimum absolute atomic E-state index is 0.0132. The number of hydrogen-bond donors (Lipinski definition) is 21. The number of fused-ring (bicyclic) bond motifs is 4. The summed E-state index contributed by atoms with van der Waals surface area (Å²) in [5.41, 5.74) is 24.8. The average Bonchev–Trinajstić information content (AvgIpc) is 1.66. The van der Waals surface area contributed by atoms with E-state index in [4.69, 9.17) is 28.3 Å². The summed E-state index contributed by atoms with van der Waals surface area (Å²) in [5.74, 6) is -20.2. The summed E-state index contributed by atoms with van der Waals surface area (Å²) < 4.78 is 0.792. The Morgan fingerprint density at radius 3 is 1.81 bits per heavy atom. The third kappa shape index (κ3) is 30.0. The molecular weight excluding hydrogens is 1780 g/mol. The summed E-state index contributed by atoms with van der Waals surface area (Å²) in [6.07, 6.45) is -1.55. The van der Waals surface area contributed by atoms with Crippen LogP contribution in [-0.4, -0.2) is 325 Å². The molecule has 17 amide bonds. The zero-order valence-electron chi connectivity index (χ0n) is 75.6. The van der Waals surface area contributed by atoms with Crippen molar-refractivity contribution in [2.45, 2.75) is 227 Å². The van der Waals surface area contributed by atoms with Gasteiger partial charge in [0.1, 0.15) is 90.3 Å². The van der Waals surface area contributed by atoms with E-state index < -0.39 is 266 Å². The summed E-state index contributed by atoms with van der Waals surface area (Å²) >= 11 is 2.08. The maximum absolute atomic E-state index is 15.8. The van der Waals surface area contributed by atoms with E-state index in [9.17, 15) is 73.2 Å². The van der Waals surface area contributed by atoms with E-state index in [2.05, 4.69) is 63.5 Å². The number of aromatic amines is 1. The predicted octanol–water partition coefficient (Wildman–Crippen LogP) is -3.99. The summed E-state index contributed by atoms with van der Waals surface area (Å²) in [5, 5.41) is 81.8. The van der Waals surface area contributed by atoms with Gasteiger partial charge in [0.25, 0.3) is 0 Å². The van der Waals surface area contributed by atoms with E-state index in [0.717, 1.165) is 41.0 Å². The molecule has 730 valence electrons. The number of phenolic OH excluding ortho intramolecular Hbond substituents is 1. The minimum Gasteiger partial charge on any atom is -0.508 e. The number of nitrogens with two attached hydrogens (primary N) is 4. The van der Waals surface area contributed by atoms with Gasteiger partial charge in [0, 0.05) is 107 Å². The van der Waals surface area contributed by atoms with E-state index >= 15 is 33.6 Å². The molecule has 25 N–H and O–H groups in total. The first-order valence-corrected chi connectivity index (χ1v) is 46.4. The van der Waals surface area contributed by atoms with E-state index in [1.807, 2.05) is 19.9 Å². The number of thiophene rings is 1. The van der Waals surface area contributed by atoms with Crippen molar-refractivity contribution in [3.63, 3.8) is 0 Å². The number of carboxylic acid groups (broad SMARTS) is 1. The number of para-hydroxylation sites is 1. The molecule has 8 rings (SSSR count). The Morgan fingerprint density at radius 1 is 0.552 bits per heavy atom. The van der Waals surface area contributed by atoms with Gasteiger partial charge in [-0.3, -0.25) is 91.7 Å². The second kappa shape index (κ2) is 51.2. The first kappa shape index (κ1) is 106. The van der Waals surface area contributed by atoms with Crippen LogP contribution in [0.3, 0.4) is 0 Å². The smallest absolute Gasteiger partial charge is 0.303 e. The van der Waals surface area contributed by atoms with Crippen LogP contribution in [0.25, 0.3) is 21.0 Å². The van der Waals surface area contributed by atoms with Gasteiger partial charge in [-0.15, -0.1) is 23.1 Å². The minimum atomic E-state index is -1.93. The number of nitrogens with one attached hydrogen (secondary N) is 13. The van der Waals surface area contributed by atoms with Gasteiger partial charge >= 0.3 is 5.97 Å². The molecule has 15 atom stereocenters. The lowest BCUT2D eigenvalue weighted by Crippen LogP contribution is -2.62. The fourth-order valence-corrected chi connectivity index (χ4v) is 17.9. The molecule has 0 radical (unpaired) electrons. The number of hydrogen-bond acceptors (Lipinski definition) is 25. The molecule has 3 fully saturated rings. The Hall–Kier alpha value is -13.1. The van der Waals surface area contributed by atoms with Crippen LogP contribution >= 0.6 is 23.1 Å². The van der Waals surface area contributed by atoms with E-state index in [0.29, 0.717) is 65.1 Å². The number of H-pyrrole nitrogens is 1. The number of aliphatic carboxylic acids is 1. The number of phenols is 1. The van der Waals surface area contributed by atoms with Gasteiger partial charge in [0.2, 0.25) is 100 Å². The molecule has 0 saturated carbocycles. The molecule has 3 aliphatic heterocycles. The van der Waals surface area contributed by atoms with Crippen LogP contribution in [-0.2, 0) is 106 Å². The quantitative estimate of drug-likeness (QED) is 0.0135. The van der Waals surface area contributed by atoms with Crippen LogP contribution in [0.1, 0.15) is 134 Å². The van der Waals surface area contributed by atoms with Crippen LogP contribution in [0.15, 0.2) is 84.4 Å². The van der Waals surface area contributed by atoms with Gasteiger partial charge in [-0.25, -0.2) is 0 Å². The van der Waals surface area contributed by atoms with Gasteiger partial charge in [0.15, 0.2) is 5.96 Å². The maximum Gasteiger partial charge on any atom is 0.303 e. The number of aliphatic hydroxyl groups is 2. The SMILES string of the molecule is CCCCC[C@H]1C(=O)N(C)[C@@H](CCCC)C(=O)N[C@@H](CCCNC(=N)N)C(=O)N[C@H](C(=O)NCC(N)=O)CSCC(=O)N[C@@H](Cc2ccc(O)cc2)C(=O)N(C)[C@@H](C)C(=O)N[C@@H](CC(N)=O)C(=O)N2CCC[C@H]2C(=O)N[C@@H](CN)C(=O)N[C@@H](CCC(=O)O)C(=O)N2C[C@H](O)C[C@H]2C(=O)N[C@@H](Cc2c[nH]c3ccccc23)C(=O)N[C@@H](CO)C(=O)N[C@@H](Cc2csc3ccccc23)C(=O)N1C. The number of guanidine groups is 1. The number of nitrogens with zero attached hydrogens (tertiary/aromatic N) is 5. The van der Waals surface area contributed by atoms with E-state index in [1.54, 1.807) is 54.0 Å². The van der Waals surface area contributed by atoms with Crippen molar-refractivity contribution in [2.24, 2.45) is 22.9 Å². The molecule has 0 bridgehead atoms. The first-order valence-electron chi connectivity index (χ1n) is 44.4. The normalized spacial score (nSPS) is 24.8. The third-order valence-corrected chi connectivity index (χ3v) is 25.7. The molecule has 0 aliphatic carbocycles. The molecule has 5 heterocycles. The fourth-order valence-electron chi connectivity index (χ4n) is 16.1. The van der Waals surface area contributed by atoms with Gasteiger partial charge in [0.05, 0.1) is 31.4 Å². The fraction of sp³-hybridized carbons (Fsp3) is 0.534. The predicted molar refractivity (Wildman–Crippen MR) is 492 cm³/mol. The van der Waals surface area contributed by atoms with Gasteiger partial charge in [-0.1, -0.05) is 94.5 Å². The number of thioether (sulfide) groups is 1. The van der Waals surface area contributed by atoms with Crippen molar-refractivity contribution in [3.05, 3.63) is 101 Å². The highest BCUT2D eigenvalue weighted by Crippen LogP contribution is 2.30. The van der Waals surface area contributed by atoms with Crippen LogP contribution in [0.2, 0.25) is 0 Å². The lowest BCUT2D eigenvalue weighted by Gasteiger charge is -2.36. The Bertz CT molecular complexity index is 5060. The van der Waals surface area contributed by atoms with E-state index in [-0.39, 0.29) is 76.6 Å². The zero-order chi connectivity index (χ0) is 98.3. The number of likely N-dealkylation sites (N-methyl/N-ethyl adjacent to an activating group) is 3. The summed E-state index contributed by atoms with van der Waals surface area (Å²) in [4.78, 5) is 269. The summed E-state index contributed by atoms with van der Waals surface area (Å²) in [6, 6.07) is -3.36. The molecule has 0 spiro atoms. The Morgan fingerprint density at radius 2 is 1.13 bits per heavy atom. The molecule has 3 saturated heterocycles. The van der Waals surface area contributed by atoms with Crippen LogP contribution in [0.5, 0.6) is 5.75 Å². The third-order valence-electron chi connectivity index (χ3n) is 23.7. The number of aliphatic hydroxyl groups excluding tert-OH is 2. The summed E-state index contributed by atoms with van der Waals surface area (Å²) in [6.45, 7) is 1.59. The topological polar surface area (TPSA) is 680 Å². The number of carbonyl (C=O) groups is 18. The lowest BCUT2D eigenvalue weighted by atomic mass is 9.99. The lowest BCUT2D eigenvalue weighted by molar-refractivity contribution is -0.149. The highest BCUT2D eigenvalue weighted by molar-refractivity contribution is 8.00. The van der Waals surface area contributed by atoms with Crippen molar-refractivity contribution in [1.29, 1.82) is 5.41 Å². The first-order chi connectivity index (χ1) is 63.8. The second-order valence-electron chi connectivity index (χ2n) is 33.5. The molecule has 2 aromatic heterocycles. The standard InChI is InChI=1S/C88H124N22O22S2/c1-7-9-11-23-67-87(132)107(5)65(22-10-8-2)80(125)98-56(21-16-32-94-88(92)93)76(121)105-64(75(120)96-41-71(91)115)45-133-46-72(116)97-59(34-48-26-28-51(112)29-27-48)83(128)106(4)47(3)74(119)101-61(38-70(90)114)86(131)109-33-17-24-66(109)81(126)103-62(39-89)78(123)99-57(30-31-73(117)118)85(130)110-42-52(113)37-68(110)82(127)100-58(35-49-40-95-55-20-14-12-18-53(49)55)77(122)104-63(43-111)79(124)102-60(84(129)108(67)6)36-50-44-134-69-25-15-13-19-54(50)69/h12-15,18-20,25-29,40,44,47,52,56-68,95,111-113H,7-11,16-17,21-24,30-39,41-43,45-46,89H2,1-6H3,(H2,90,114)(H2,91,115)(H,96,120)(H,97,116)(H,98,125)(H,99,123)(H,100,127)(H,101,119)(H,102,124)(H,103,126)(H,104,122)(H,105,121)(H,117,118)(H4,92,93,94)/t47-,52+,56-,57-,58-,59-,60-,61-,62-,63-,64-,65-,66-,67-,68-/m0/s1. The number of benzene rings is 3. The van der Waals surface area contributed by atoms with Crippen molar-refractivity contribution in [2.75, 3.05) is 72.0 Å². The molecular formula is C88H124N22O22S2. The molecule has 5 aromatic rings. The van der Waals surface area contributed by atoms with Crippen LogP contribution < -0.4 is 81.4 Å². The van der Waals surface area contributed by atoms with Gasteiger partial charge in [-0.05, 0) is 104 Å². The zero-order valence-corrected chi connectivity index (χ0v) is 77.3. The summed E-state index contributed by atoms with van der Waals surface area (Å²) in [7, 11) is 3.86. The molecule has 0 unspecified atom stereocenters. The number of aromatic nitrogens is 1. The molecule has 46 heteroatoms. The number of primary amides is 2. The van der Waals surface area contributed by atoms with Crippen molar-refractivity contribution >= 4 is 156 Å². The van der Waals surface area contributed by atoms with E-state index in [1.165, 1.54) is 63.7 Å². The maximum atomic E-state index is 15.8. The number of unbranched alkanes of at least 4 members (excludes halogenated alkanes) is 3.